The summed E-state index contributed by atoms with van der Waals surface area (Å²) in [5.74, 6) is 0.0272. The van der Waals surface area contributed by atoms with Gasteiger partial charge in [0.25, 0.3) is 10.5 Å². The van der Waals surface area contributed by atoms with Gasteiger partial charge in [0.05, 0.1) is 18.2 Å². The Morgan fingerprint density at radius 3 is 1.80 bits per heavy atom. The molecule has 0 aliphatic carbocycles. The van der Waals surface area contributed by atoms with Gasteiger partial charge in [-0.25, -0.2) is 0 Å². The second-order valence-electron chi connectivity index (χ2n) is 2.58. The van der Waals surface area contributed by atoms with Crippen LogP contribution in [0.4, 0.5) is 0 Å². The average Bonchev–Trinajstić information content (AvgIpc) is 2.16. The first-order valence-electron chi connectivity index (χ1n) is 3.74. The van der Waals surface area contributed by atoms with Crippen LogP contribution in [0.15, 0.2) is 12.1 Å². The molecule has 1 rings (SSSR count). The number of halogens is 3. The van der Waals surface area contributed by atoms with E-state index >= 15 is 0 Å². The van der Waals surface area contributed by atoms with Crippen LogP contribution in [0.1, 0.15) is 20.7 Å². The Morgan fingerprint density at radius 1 is 1.13 bits per heavy atom. The van der Waals surface area contributed by atoms with Gasteiger partial charge in [-0.05, 0) is 35.3 Å². The minimum Gasteiger partial charge on any atom is -0.495 e. The highest BCUT2D eigenvalue weighted by molar-refractivity contribution is 6.70. The number of methoxy groups -OCH3 is 1. The normalized spacial score (nSPS) is 9.87. The van der Waals surface area contributed by atoms with Crippen molar-refractivity contribution in [2.24, 2.45) is 0 Å². The summed E-state index contributed by atoms with van der Waals surface area (Å²) in [6.45, 7) is 0. The summed E-state index contributed by atoms with van der Waals surface area (Å²) in [6.07, 6.45) is 0. The fraction of sp³-hybridized carbons (Fsp3) is 0.111. The highest BCUT2D eigenvalue weighted by Gasteiger charge is 2.19. The number of benzene rings is 1. The molecule has 0 spiro atoms. The maximum Gasteiger partial charge on any atom is 0.256 e. The lowest BCUT2D eigenvalue weighted by Gasteiger charge is -2.08. The summed E-state index contributed by atoms with van der Waals surface area (Å²) in [7, 11) is 1.30. The van der Waals surface area contributed by atoms with Gasteiger partial charge in [-0.2, -0.15) is 0 Å². The van der Waals surface area contributed by atoms with E-state index in [0.29, 0.717) is 0 Å². The molecular weight excluding hydrogens is 262 g/mol. The van der Waals surface area contributed by atoms with Crippen LogP contribution in [0.2, 0.25) is 5.02 Å². The monoisotopic (exact) mass is 266 g/mol. The molecular formula is C9H5Cl3O3. The van der Waals surface area contributed by atoms with Crippen molar-refractivity contribution < 1.29 is 14.3 Å². The zero-order valence-electron chi connectivity index (χ0n) is 7.51. The van der Waals surface area contributed by atoms with Gasteiger partial charge in [-0.3, -0.25) is 9.59 Å². The summed E-state index contributed by atoms with van der Waals surface area (Å²) < 4.78 is 4.88. The second-order valence-corrected chi connectivity index (χ2v) is 3.70. The van der Waals surface area contributed by atoms with Crippen molar-refractivity contribution in [3.8, 4) is 5.75 Å². The Labute approximate surface area is 101 Å². The summed E-state index contributed by atoms with van der Waals surface area (Å²) in [5.41, 5.74) is 0.0198. The highest BCUT2D eigenvalue weighted by Crippen LogP contribution is 2.30. The zero-order chi connectivity index (χ0) is 11.6. The number of carbonyl (C=O) groups is 2. The molecule has 1 aromatic carbocycles. The van der Waals surface area contributed by atoms with Gasteiger partial charge in [0.15, 0.2) is 0 Å². The van der Waals surface area contributed by atoms with E-state index in [2.05, 4.69) is 0 Å². The van der Waals surface area contributed by atoms with Gasteiger partial charge < -0.3 is 4.74 Å². The summed E-state index contributed by atoms with van der Waals surface area (Å²) in [6, 6.07) is 2.61. The molecule has 0 saturated heterocycles. The zero-order valence-corrected chi connectivity index (χ0v) is 9.78. The lowest BCUT2D eigenvalue weighted by Crippen LogP contribution is -2.02. The summed E-state index contributed by atoms with van der Waals surface area (Å²) >= 11 is 16.3. The maximum atomic E-state index is 11.0. The number of ether oxygens (including phenoxy) is 1. The van der Waals surface area contributed by atoms with Gasteiger partial charge in [-0.15, -0.1) is 0 Å². The van der Waals surface area contributed by atoms with Gasteiger partial charge >= 0.3 is 0 Å². The molecule has 0 radical (unpaired) electrons. The largest absolute Gasteiger partial charge is 0.495 e. The molecule has 15 heavy (non-hydrogen) atoms. The van der Waals surface area contributed by atoms with Crippen LogP contribution in [0, 0.1) is 0 Å². The number of rotatable bonds is 3. The lowest BCUT2D eigenvalue weighted by atomic mass is 10.1. The Morgan fingerprint density at radius 2 is 1.53 bits per heavy atom. The maximum absolute atomic E-state index is 11.0. The van der Waals surface area contributed by atoms with Crippen LogP contribution in [0.5, 0.6) is 5.75 Å². The Hall–Kier alpha value is -0.770. The van der Waals surface area contributed by atoms with E-state index in [-0.39, 0.29) is 21.9 Å². The third-order valence-corrected chi connectivity index (χ3v) is 2.31. The molecule has 0 fully saturated rings. The predicted octanol–water partition coefficient (Wildman–Crippen LogP) is 3.11. The molecule has 0 aromatic heterocycles. The summed E-state index contributed by atoms with van der Waals surface area (Å²) in [5, 5.41) is -1.36. The van der Waals surface area contributed by atoms with Crippen molar-refractivity contribution in [3.05, 3.63) is 28.3 Å². The SMILES string of the molecule is COc1c(C(=O)Cl)cc(Cl)cc1C(=O)Cl. The van der Waals surface area contributed by atoms with Gasteiger partial charge in [-0.1, -0.05) is 11.6 Å². The Balaban J connectivity index is 3.52. The van der Waals surface area contributed by atoms with Crippen LogP contribution in [-0.4, -0.2) is 17.6 Å². The molecule has 0 aliphatic rings. The molecule has 0 amide bonds. The molecule has 80 valence electrons. The van der Waals surface area contributed by atoms with Gasteiger partial charge in [0.2, 0.25) is 0 Å². The molecule has 0 N–H and O–H groups in total. The molecule has 0 atom stereocenters. The Bertz CT molecular complexity index is 394. The van der Waals surface area contributed by atoms with Crippen LogP contribution in [-0.2, 0) is 0 Å². The fourth-order valence-electron chi connectivity index (χ4n) is 1.11. The first-order chi connectivity index (χ1) is 6.97. The van der Waals surface area contributed by atoms with Crippen LogP contribution in [0.25, 0.3) is 0 Å². The highest BCUT2D eigenvalue weighted by atomic mass is 35.5. The van der Waals surface area contributed by atoms with Gasteiger partial charge in [0.1, 0.15) is 5.75 Å². The minimum absolute atomic E-state index is 0.00988. The number of carbonyl (C=O) groups excluding carboxylic acids is 2. The first-order valence-corrected chi connectivity index (χ1v) is 4.88. The smallest absolute Gasteiger partial charge is 0.256 e. The van der Waals surface area contributed by atoms with E-state index in [1.807, 2.05) is 0 Å². The molecule has 1 aromatic rings. The number of hydrogen-bond acceptors (Lipinski definition) is 3. The standard InChI is InChI=1S/C9H5Cl3O3/c1-15-7-5(8(11)13)2-4(10)3-6(7)9(12)14/h2-3H,1H3. The minimum atomic E-state index is -0.770. The van der Waals surface area contributed by atoms with Crippen LogP contribution >= 0.6 is 34.8 Å². The van der Waals surface area contributed by atoms with E-state index in [1.54, 1.807) is 0 Å². The third kappa shape index (κ3) is 2.62. The van der Waals surface area contributed by atoms with Crippen molar-refractivity contribution in [2.75, 3.05) is 7.11 Å². The van der Waals surface area contributed by atoms with Crippen molar-refractivity contribution >= 4 is 45.3 Å². The third-order valence-electron chi connectivity index (χ3n) is 1.68. The Kier molecular flexibility index (Phi) is 3.97. The molecule has 0 unspecified atom stereocenters. The summed E-state index contributed by atoms with van der Waals surface area (Å²) in [4.78, 5) is 22.0. The van der Waals surface area contributed by atoms with E-state index in [1.165, 1.54) is 19.2 Å². The van der Waals surface area contributed by atoms with E-state index in [9.17, 15) is 9.59 Å². The van der Waals surface area contributed by atoms with Gasteiger partial charge in [0, 0.05) is 5.02 Å². The van der Waals surface area contributed by atoms with Crippen molar-refractivity contribution in [2.45, 2.75) is 0 Å². The van der Waals surface area contributed by atoms with E-state index in [0.717, 1.165) is 0 Å². The van der Waals surface area contributed by atoms with Crippen molar-refractivity contribution in [3.63, 3.8) is 0 Å². The molecule has 0 heterocycles. The lowest BCUT2D eigenvalue weighted by molar-refractivity contribution is 0.107. The van der Waals surface area contributed by atoms with Crippen molar-refractivity contribution in [1.29, 1.82) is 0 Å². The first kappa shape index (κ1) is 12.3. The molecule has 0 aliphatic heterocycles. The van der Waals surface area contributed by atoms with Crippen LogP contribution < -0.4 is 4.74 Å². The topological polar surface area (TPSA) is 43.4 Å². The average molecular weight is 267 g/mol. The van der Waals surface area contributed by atoms with Crippen molar-refractivity contribution in [1.82, 2.24) is 0 Å². The second kappa shape index (κ2) is 4.84. The quantitative estimate of drug-likeness (QED) is 0.790. The molecule has 0 saturated carbocycles. The predicted molar refractivity (Wildman–Crippen MR) is 58.4 cm³/mol. The molecule has 6 heteroatoms. The fourth-order valence-corrected chi connectivity index (χ4v) is 1.60. The molecule has 0 bridgehead atoms. The van der Waals surface area contributed by atoms with Crippen LogP contribution in [0.3, 0.4) is 0 Å². The van der Waals surface area contributed by atoms with E-state index in [4.69, 9.17) is 39.5 Å². The van der Waals surface area contributed by atoms with E-state index < -0.39 is 10.5 Å². The number of hydrogen-bond donors (Lipinski definition) is 0. The molecule has 3 nitrogen and oxygen atoms in total.